The molecule has 3 aromatic heterocycles. The highest BCUT2D eigenvalue weighted by molar-refractivity contribution is 7.12. The van der Waals surface area contributed by atoms with Crippen LogP contribution < -0.4 is 15.5 Å². The fourth-order valence-corrected chi connectivity index (χ4v) is 4.40. The van der Waals surface area contributed by atoms with Crippen molar-refractivity contribution in [1.82, 2.24) is 19.8 Å². The fourth-order valence-electron chi connectivity index (χ4n) is 3.79. The van der Waals surface area contributed by atoms with E-state index in [0.717, 1.165) is 31.7 Å². The summed E-state index contributed by atoms with van der Waals surface area (Å²) in [5.41, 5.74) is 1.89. The van der Waals surface area contributed by atoms with Crippen LogP contribution in [0.3, 0.4) is 0 Å². The summed E-state index contributed by atoms with van der Waals surface area (Å²) < 4.78 is 1.65. The first-order chi connectivity index (χ1) is 15.7. The lowest BCUT2D eigenvalue weighted by Gasteiger charge is -2.32. The van der Waals surface area contributed by atoms with Gasteiger partial charge in [0.1, 0.15) is 12.1 Å². The second-order valence-electron chi connectivity index (χ2n) is 7.55. The minimum absolute atomic E-state index is 0.0373. The van der Waals surface area contributed by atoms with Crippen LogP contribution in [0.5, 0.6) is 0 Å². The molecule has 0 saturated carbocycles. The molecule has 5 rings (SSSR count). The van der Waals surface area contributed by atoms with Crippen molar-refractivity contribution in [3.05, 3.63) is 65.1 Å². The lowest BCUT2D eigenvalue weighted by molar-refractivity contribution is -0.120. The highest BCUT2D eigenvalue weighted by Gasteiger charge is 2.26. The number of hydrogen-bond acceptors (Lipinski definition) is 7. The molecule has 1 fully saturated rings. The van der Waals surface area contributed by atoms with E-state index >= 15 is 0 Å². The largest absolute Gasteiger partial charge is 0.355 e. The van der Waals surface area contributed by atoms with Crippen LogP contribution >= 0.6 is 11.3 Å². The maximum atomic E-state index is 12.9. The Morgan fingerprint density at radius 2 is 1.75 bits per heavy atom. The molecule has 10 heteroatoms. The van der Waals surface area contributed by atoms with Crippen LogP contribution in [0.4, 0.5) is 17.2 Å². The lowest BCUT2D eigenvalue weighted by atomic mass is 9.95. The summed E-state index contributed by atoms with van der Waals surface area (Å²) >= 11 is 1.37. The molecule has 1 aliphatic heterocycles. The number of thiophene rings is 1. The summed E-state index contributed by atoms with van der Waals surface area (Å²) in [5.74, 6) is 0.515. The van der Waals surface area contributed by atoms with Crippen molar-refractivity contribution in [2.24, 2.45) is 5.92 Å². The molecular weight excluding hydrogens is 426 g/mol. The topological polar surface area (TPSA) is 105 Å². The second kappa shape index (κ2) is 8.75. The number of carbonyl (C=O) groups is 2. The average Bonchev–Trinajstić information content (AvgIpc) is 3.52. The van der Waals surface area contributed by atoms with Gasteiger partial charge in [-0.15, -0.1) is 26.6 Å². The molecule has 9 nitrogen and oxygen atoms in total. The number of hydrogen-bond donors (Lipinski definition) is 2. The van der Waals surface area contributed by atoms with Crippen LogP contribution in [-0.4, -0.2) is 44.7 Å². The minimum Gasteiger partial charge on any atom is -0.355 e. The van der Waals surface area contributed by atoms with E-state index in [1.54, 1.807) is 29.0 Å². The third-order valence-corrected chi connectivity index (χ3v) is 6.38. The number of carbonyl (C=O) groups excluding carboxylic acids is 2. The van der Waals surface area contributed by atoms with E-state index in [4.69, 9.17) is 0 Å². The van der Waals surface area contributed by atoms with E-state index in [-0.39, 0.29) is 17.7 Å². The van der Waals surface area contributed by atoms with E-state index in [1.807, 2.05) is 35.7 Å². The van der Waals surface area contributed by atoms with Crippen LogP contribution in [0.1, 0.15) is 22.5 Å². The Kier molecular flexibility index (Phi) is 5.51. The monoisotopic (exact) mass is 447 g/mol. The number of nitrogens with zero attached hydrogens (tertiary/aromatic N) is 5. The third kappa shape index (κ3) is 4.17. The van der Waals surface area contributed by atoms with E-state index in [2.05, 4.69) is 30.8 Å². The number of anilines is 3. The van der Waals surface area contributed by atoms with Crippen LogP contribution in [0.25, 0.3) is 5.65 Å². The van der Waals surface area contributed by atoms with E-state index in [1.165, 1.54) is 11.3 Å². The van der Waals surface area contributed by atoms with Crippen molar-refractivity contribution in [3.63, 3.8) is 0 Å². The highest BCUT2D eigenvalue weighted by Crippen LogP contribution is 2.26. The molecular formula is C22H21N7O2S. The molecule has 162 valence electrons. The van der Waals surface area contributed by atoms with Gasteiger partial charge in [0, 0.05) is 19.0 Å². The normalized spacial score (nSPS) is 14.4. The van der Waals surface area contributed by atoms with Gasteiger partial charge in [-0.25, -0.2) is 0 Å². The molecule has 1 aliphatic rings. The first-order valence-corrected chi connectivity index (χ1v) is 11.2. The maximum absolute atomic E-state index is 12.9. The SMILES string of the molecule is O=C(Nc1ccccc1NC(=O)C1CCN(c2ccc3nncn3n2)CC1)c1cccs1. The van der Waals surface area contributed by atoms with Gasteiger partial charge < -0.3 is 15.5 Å². The molecule has 32 heavy (non-hydrogen) atoms. The molecule has 0 unspecified atom stereocenters. The van der Waals surface area contributed by atoms with Crippen LogP contribution in [0.15, 0.2) is 60.2 Å². The number of nitrogens with one attached hydrogen (secondary N) is 2. The van der Waals surface area contributed by atoms with Crippen LogP contribution in [0.2, 0.25) is 0 Å². The molecule has 1 aromatic carbocycles. The Hall–Kier alpha value is -3.79. The second-order valence-corrected chi connectivity index (χ2v) is 8.50. The molecule has 0 radical (unpaired) electrons. The van der Waals surface area contributed by atoms with Crippen molar-refractivity contribution in [1.29, 1.82) is 0 Å². The molecule has 0 atom stereocenters. The first kappa shape index (κ1) is 20.1. The molecule has 4 aromatic rings. The molecule has 2 amide bonds. The predicted molar refractivity (Wildman–Crippen MR) is 123 cm³/mol. The molecule has 4 heterocycles. The smallest absolute Gasteiger partial charge is 0.265 e. The maximum Gasteiger partial charge on any atom is 0.265 e. The van der Waals surface area contributed by atoms with Crippen LogP contribution in [-0.2, 0) is 4.79 Å². The van der Waals surface area contributed by atoms with Gasteiger partial charge in [-0.3, -0.25) is 9.59 Å². The van der Waals surface area contributed by atoms with Gasteiger partial charge in [-0.2, -0.15) is 4.52 Å². The Morgan fingerprint density at radius 3 is 2.50 bits per heavy atom. The van der Waals surface area contributed by atoms with E-state index in [0.29, 0.717) is 21.9 Å². The van der Waals surface area contributed by atoms with Gasteiger partial charge in [0.2, 0.25) is 5.91 Å². The van der Waals surface area contributed by atoms with Gasteiger partial charge in [0.25, 0.3) is 5.91 Å². The summed E-state index contributed by atoms with van der Waals surface area (Å²) in [6.07, 6.45) is 3.02. The van der Waals surface area contributed by atoms with E-state index < -0.39 is 0 Å². The van der Waals surface area contributed by atoms with Gasteiger partial charge in [-0.05, 0) is 48.6 Å². The summed E-state index contributed by atoms with van der Waals surface area (Å²) in [7, 11) is 0. The van der Waals surface area contributed by atoms with Crippen molar-refractivity contribution >= 4 is 46.0 Å². The Labute approximate surface area is 188 Å². The molecule has 1 saturated heterocycles. The summed E-state index contributed by atoms with van der Waals surface area (Å²) in [5, 5.41) is 20.1. The number of piperidine rings is 1. The summed E-state index contributed by atoms with van der Waals surface area (Å²) in [4.78, 5) is 28.1. The van der Waals surface area contributed by atoms with Crippen LogP contribution in [0, 0.1) is 5.92 Å². The number of fused-ring (bicyclic) bond motifs is 1. The van der Waals surface area contributed by atoms with Gasteiger partial charge >= 0.3 is 0 Å². The fraction of sp³-hybridized carbons (Fsp3) is 0.227. The first-order valence-electron chi connectivity index (χ1n) is 10.3. The quantitative estimate of drug-likeness (QED) is 0.486. The Balaban J connectivity index is 1.21. The van der Waals surface area contributed by atoms with E-state index in [9.17, 15) is 9.59 Å². The van der Waals surface area contributed by atoms with Crippen molar-refractivity contribution in [2.45, 2.75) is 12.8 Å². The molecule has 0 bridgehead atoms. The Morgan fingerprint density at radius 1 is 0.969 bits per heavy atom. The summed E-state index contributed by atoms with van der Waals surface area (Å²) in [6.45, 7) is 1.46. The molecule has 2 N–H and O–H groups in total. The van der Waals surface area contributed by atoms with Gasteiger partial charge in [0.15, 0.2) is 5.65 Å². The van der Waals surface area contributed by atoms with Crippen molar-refractivity contribution < 1.29 is 9.59 Å². The zero-order chi connectivity index (χ0) is 21.9. The standard InChI is InChI=1S/C22H21N7O2S/c30-21(24-16-4-1-2-5-17(16)25-22(31)18-6-3-13-32-18)15-9-11-28(12-10-15)20-8-7-19-26-23-14-29(19)27-20/h1-8,13-15H,9-12H2,(H,24,30)(H,25,31). The molecule has 0 spiro atoms. The number of amides is 2. The van der Waals surface area contributed by atoms with Crippen molar-refractivity contribution in [3.8, 4) is 0 Å². The van der Waals surface area contributed by atoms with Gasteiger partial charge in [-0.1, -0.05) is 18.2 Å². The number of para-hydroxylation sites is 2. The molecule has 0 aliphatic carbocycles. The minimum atomic E-state index is -0.187. The number of benzene rings is 1. The number of rotatable bonds is 5. The summed E-state index contributed by atoms with van der Waals surface area (Å²) in [6, 6.07) is 14.7. The van der Waals surface area contributed by atoms with Crippen molar-refractivity contribution in [2.75, 3.05) is 28.6 Å². The average molecular weight is 448 g/mol. The zero-order valence-electron chi connectivity index (χ0n) is 17.1. The predicted octanol–water partition coefficient (Wildman–Crippen LogP) is 3.29. The third-order valence-electron chi connectivity index (χ3n) is 5.52. The highest BCUT2D eigenvalue weighted by atomic mass is 32.1. The van der Waals surface area contributed by atoms with Gasteiger partial charge in [0.05, 0.1) is 16.3 Å². The lowest BCUT2D eigenvalue weighted by Crippen LogP contribution is -2.38. The Bertz CT molecular complexity index is 1250. The number of aromatic nitrogens is 4. The zero-order valence-corrected chi connectivity index (χ0v) is 18.0.